The van der Waals surface area contributed by atoms with E-state index in [2.05, 4.69) is 186 Å². The van der Waals surface area contributed by atoms with Crippen molar-refractivity contribution < 1.29 is 0 Å². The van der Waals surface area contributed by atoms with Crippen molar-refractivity contribution in [1.82, 2.24) is 0 Å². The molecular formula is C74H80. The summed E-state index contributed by atoms with van der Waals surface area (Å²) in [5, 5.41) is 10.9. The predicted molar refractivity (Wildman–Crippen MR) is 326 cm³/mol. The van der Waals surface area contributed by atoms with Gasteiger partial charge >= 0.3 is 0 Å². The van der Waals surface area contributed by atoms with E-state index >= 15 is 0 Å². The Balaban J connectivity index is 1.10. The van der Waals surface area contributed by atoms with E-state index in [9.17, 15) is 0 Å². The molecule has 2 aliphatic carbocycles. The fraction of sp³-hybridized carbons (Fsp3) is 0.351. The summed E-state index contributed by atoms with van der Waals surface area (Å²) >= 11 is 0. The van der Waals surface area contributed by atoms with Gasteiger partial charge in [0.15, 0.2) is 0 Å². The molecule has 0 saturated carbocycles. The van der Waals surface area contributed by atoms with Gasteiger partial charge in [0.05, 0.1) is 0 Å². The third-order valence-electron chi connectivity index (χ3n) is 18.3. The summed E-state index contributed by atoms with van der Waals surface area (Å²) in [5.41, 5.74) is 19.9. The highest BCUT2D eigenvalue weighted by Crippen LogP contribution is 2.60. The van der Waals surface area contributed by atoms with Gasteiger partial charge in [-0.2, -0.15) is 0 Å². The Morgan fingerprint density at radius 3 is 0.973 bits per heavy atom. The van der Waals surface area contributed by atoms with Gasteiger partial charge in [0.2, 0.25) is 0 Å². The Bertz CT molecular complexity index is 3220. The quantitative estimate of drug-likeness (QED) is 0.0322. The molecule has 0 atom stereocenters. The van der Waals surface area contributed by atoms with E-state index in [-0.39, 0.29) is 10.8 Å². The molecule has 9 aromatic rings. The van der Waals surface area contributed by atoms with E-state index in [1.54, 1.807) is 11.1 Å². The van der Waals surface area contributed by atoms with Gasteiger partial charge in [-0.15, -0.1) is 0 Å². The summed E-state index contributed by atoms with van der Waals surface area (Å²) in [5.74, 6) is 0. The van der Waals surface area contributed by atoms with E-state index in [0.717, 1.165) is 0 Å². The fourth-order valence-corrected chi connectivity index (χ4v) is 14.8. The lowest BCUT2D eigenvalue weighted by molar-refractivity contribution is 0.401. The third kappa shape index (κ3) is 8.35. The maximum atomic E-state index is 4.27. The van der Waals surface area contributed by atoms with Crippen LogP contribution in [0, 0.1) is 0 Å². The minimum Gasteiger partial charge on any atom is -0.0985 e. The van der Waals surface area contributed by atoms with Crippen molar-refractivity contribution in [3.8, 4) is 44.5 Å². The van der Waals surface area contributed by atoms with Crippen molar-refractivity contribution in [1.29, 1.82) is 0 Å². The molecule has 11 rings (SSSR count). The fourth-order valence-electron chi connectivity index (χ4n) is 14.8. The highest BCUT2D eigenvalue weighted by atomic mass is 14.5. The molecular weight excluding hydrogens is 889 g/mol. The molecule has 0 unspecified atom stereocenters. The van der Waals surface area contributed by atoms with Crippen molar-refractivity contribution in [3.63, 3.8) is 0 Å². The zero-order chi connectivity index (χ0) is 50.8. The van der Waals surface area contributed by atoms with Crippen LogP contribution in [-0.2, 0) is 10.8 Å². The van der Waals surface area contributed by atoms with E-state index in [4.69, 9.17) is 0 Å². The van der Waals surface area contributed by atoms with Crippen molar-refractivity contribution in [2.24, 2.45) is 0 Å². The number of rotatable bonds is 24. The molecule has 0 N–H and O–H groups in total. The molecule has 376 valence electrons. The van der Waals surface area contributed by atoms with Crippen LogP contribution in [0.15, 0.2) is 147 Å². The maximum Gasteiger partial charge on any atom is 0.0221 e. The van der Waals surface area contributed by atoms with Gasteiger partial charge in [-0.05, 0) is 147 Å². The molecule has 0 amide bonds. The van der Waals surface area contributed by atoms with Crippen LogP contribution in [0.5, 0.6) is 0 Å². The van der Waals surface area contributed by atoms with E-state index in [0.29, 0.717) is 0 Å². The minimum absolute atomic E-state index is 0.0500. The second kappa shape index (κ2) is 21.5. The molecule has 9 aromatic carbocycles. The standard InChI is InChI=1S/C74H80/c1-7-13-17-21-45-73(46-22-18-14-8-2)67-49-51(11-5)37-39-55(67)65-35-27-33-63(71(65)73)53-41-43-61-62-44-42-54(58-30-26-32-60(70(58)62)59-31-25-29-57(53)69(59)61)64-34-28-36-66-56-40-38-52(12-6)50-68(56)74(72(64)66,47-23-19-15-9-3)48-24-20-16-10-4/h11-12,25-44,49-50H,5-10,13-24,45-48H2,1-4H3. The molecule has 0 aliphatic heterocycles. The van der Waals surface area contributed by atoms with Crippen molar-refractivity contribution in [2.75, 3.05) is 0 Å². The summed E-state index contributed by atoms with van der Waals surface area (Å²) < 4.78 is 0. The van der Waals surface area contributed by atoms with Crippen molar-refractivity contribution >= 4 is 55.2 Å². The first kappa shape index (κ1) is 49.9. The number of benzene rings is 9. The average Bonchev–Trinajstić information content (AvgIpc) is 3.89. The van der Waals surface area contributed by atoms with Gasteiger partial charge in [-0.25, -0.2) is 0 Å². The summed E-state index contributed by atoms with van der Waals surface area (Å²) in [4.78, 5) is 0. The lowest BCUT2D eigenvalue weighted by Gasteiger charge is -2.35. The van der Waals surface area contributed by atoms with E-state index < -0.39 is 0 Å². The van der Waals surface area contributed by atoms with Gasteiger partial charge in [0.1, 0.15) is 0 Å². The van der Waals surface area contributed by atoms with Gasteiger partial charge in [0.25, 0.3) is 0 Å². The molecule has 0 heteroatoms. The SMILES string of the molecule is C=Cc1ccc2c(c1)C(CCCCCC)(CCCCCC)c1c-2cccc1-c1ccc2c3ccc(-c4cccc5c4C(CCCCCC)(CCCCCC)c4cc(C=C)ccc4-5)c4cccc(c5cccc1c52)c43. The molecule has 0 fully saturated rings. The zero-order valence-corrected chi connectivity index (χ0v) is 45.4. The Morgan fingerprint density at radius 1 is 0.311 bits per heavy atom. The van der Waals surface area contributed by atoms with Gasteiger partial charge in [-0.1, -0.05) is 289 Å². The first-order valence-electron chi connectivity index (χ1n) is 29.4. The van der Waals surface area contributed by atoms with Crippen molar-refractivity contribution in [2.45, 2.75) is 167 Å². The molecule has 0 bridgehead atoms. The number of hydrogen-bond donors (Lipinski definition) is 0. The number of unbranched alkanes of at least 4 members (excludes halogenated alkanes) is 12. The number of fused-ring (bicyclic) bond motifs is 8. The summed E-state index contributed by atoms with van der Waals surface area (Å²) in [6, 6.07) is 53.4. The van der Waals surface area contributed by atoms with Crippen LogP contribution < -0.4 is 0 Å². The van der Waals surface area contributed by atoms with Gasteiger partial charge < -0.3 is 0 Å². The maximum absolute atomic E-state index is 4.27. The van der Waals surface area contributed by atoms with Crippen molar-refractivity contribution in [3.05, 3.63) is 180 Å². The van der Waals surface area contributed by atoms with Crippen LogP contribution in [0.3, 0.4) is 0 Å². The largest absolute Gasteiger partial charge is 0.0985 e. The Labute approximate surface area is 444 Å². The first-order valence-corrected chi connectivity index (χ1v) is 29.4. The summed E-state index contributed by atoms with van der Waals surface area (Å²) in [6.45, 7) is 17.9. The van der Waals surface area contributed by atoms with E-state index in [1.165, 1.54) is 238 Å². The van der Waals surface area contributed by atoms with Gasteiger partial charge in [-0.3, -0.25) is 0 Å². The van der Waals surface area contributed by atoms with Gasteiger partial charge in [0, 0.05) is 10.8 Å². The first-order chi connectivity index (χ1) is 36.5. The topological polar surface area (TPSA) is 0 Å². The molecule has 2 aliphatic rings. The van der Waals surface area contributed by atoms with E-state index in [1.807, 2.05) is 0 Å². The Kier molecular flexibility index (Phi) is 14.5. The predicted octanol–water partition coefficient (Wildman–Crippen LogP) is 22.8. The molecule has 0 saturated heterocycles. The highest BCUT2D eigenvalue weighted by Gasteiger charge is 2.46. The lowest BCUT2D eigenvalue weighted by atomic mass is 9.68. The molecule has 74 heavy (non-hydrogen) atoms. The molecule has 0 nitrogen and oxygen atoms in total. The monoisotopic (exact) mass is 969 g/mol. The minimum atomic E-state index is -0.0500. The summed E-state index contributed by atoms with van der Waals surface area (Å²) in [7, 11) is 0. The smallest absolute Gasteiger partial charge is 0.0221 e. The van der Waals surface area contributed by atoms with Crippen LogP contribution in [0.2, 0.25) is 0 Å². The third-order valence-corrected chi connectivity index (χ3v) is 18.3. The normalized spacial score (nSPS) is 14.0. The summed E-state index contributed by atoms with van der Waals surface area (Å²) in [6.07, 6.45) is 29.1. The average molecular weight is 969 g/mol. The second-order valence-electron chi connectivity index (χ2n) is 22.7. The Morgan fingerprint density at radius 2 is 0.622 bits per heavy atom. The molecule has 0 heterocycles. The number of hydrogen-bond acceptors (Lipinski definition) is 0. The zero-order valence-electron chi connectivity index (χ0n) is 45.4. The highest BCUT2D eigenvalue weighted by molar-refractivity contribution is 6.35. The lowest BCUT2D eigenvalue weighted by Crippen LogP contribution is -2.26. The van der Waals surface area contributed by atoms with Crippen LogP contribution in [0.25, 0.3) is 99.7 Å². The van der Waals surface area contributed by atoms with Crippen LogP contribution in [-0.4, -0.2) is 0 Å². The second-order valence-corrected chi connectivity index (χ2v) is 22.7. The van der Waals surface area contributed by atoms with Crippen LogP contribution in [0.4, 0.5) is 0 Å². The molecule has 0 radical (unpaired) electrons. The molecule has 0 aromatic heterocycles. The van der Waals surface area contributed by atoms with Crippen LogP contribution in [0.1, 0.15) is 189 Å². The Hall–Kier alpha value is -6.24. The molecule has 0 spiro atoms. The van der Waals surface area contributed by atoms with Crippen LogP contribution >= 0.6 is 0 Å².